The maximum Gasteiger partial charge on any atom is 0.179 e. The average molecular weight is 214 g/mol. The van der Waals surface area contributed by atoms with E-state index in [9.17, 15) is 8.42 Å². The van der Waals surface area contributed by atoms with E-state index in [0.717, 1.165) is 11.1 Å². The van der Waals surface area contributed by atoms with Crippen molar-refractivity contribution in [3.05, 3.63) is 23.3 Å². The zero-order valence-corrected chi connectivity index (χ0v) is 9.60. The Balaban J connectivity index is 3.51. The zero-order chi connectivity index (χ0) is 10.9. The molecular weight excluding hydrogens is 200 g/mol. The fourth-order valence-corrected chi connectivity index (χ4v) is 2.11. The largest absolute Gasteiger partial charge is 0.495 e. The molecule has 0 aliphatic rings. The van der Waals surface area contributed by atoms with Crippen LogP contribution in [0.3, 0.4) is 0 Å². The van der Waals surface area contributed by atoms with Crippen molar-refractivity contribution in [1.82, 2.24) is 0 Å². The first kappa shape index (κ1) is 11.0. The van der Waals surface area contributed by atoms with Gasteiger partial charge in [0.05, 0.1) is 7.11 Å². The van der Waals surface area contributed by atoms with E-state index in [2.05, 4.69) is 0 Å². The molecule has 4 heteroatoms. The third-order valence-electron chi connectivity index (χ3n) is 2.18. The van der Waals surface area contributed by atoms with Crippen molar-refractivity contribution >= 4 is 9.84 Å². The van der Waals surface area contributed by atoms with E-state index in [1.54, 1.807) is 12.1 Å². The Labute approximate surface area is 84.6 Å². The summed E-state index contributed by atoms with van der Waals surface area (Å²) >= 11 is 0. The van der Waals surface area contributed by atoms with Gasteiger partial charge in [0.2, 0.25) is 0 Å². The fourth-order valence-electron chi connectivity index (χ4n) is 1.21. The molecule has 1 rings (SSSR count). The lowest BCUT2D eigenvalue weighted by Gasteiger charge is -2.09. The van der Waals surface area contributed by atoms with Gasteiger partial charge in [-0.25, -0.2) is 8.42 Å². The third-order valence-corrected chi connectivity index (χ3v) is 3.30. The molecule has 3 nitrogen and oxygen atoms in total. The van der Waals surface area contributed by atoms with Crippen LogP contribution in [-0.2, 0) is 9.84 Å². The lowest BCUT2D eigenvalue weighted by atomic mass is 10.1. The second-order valence-electron chi connectivity index (χ2n) is 3.36. The van der Waals surface area contributed by atoms with Gasteiger partial charge >= 0.3 is 0 Å². The molecule has 0 aliphatic carbocycles. The Hall–Kier alpha value is -1.03. The minimum atomic E-state index is -3.21. The Morgan fingerprint density at radius 2 is 1.64 bits per heavy atom. The molecule has 0 heterocycles. The molecule has 0 unspecified atom stereocenters. The number of rotatable bonds is 2. The minimum Gasteiger partial charge on any atom is -0.495 e. The van der Waals surface area contributed by atoms with E-state index in [1.807, 2.05) is 13.8 Å². The molecule has 0 saturated carbocycles. The number of hydrogen-bond donors (Lipinski definition) is 0. The molecule has 0 amide bonds. The van der Waals surface area contributed by atoms with Crippen molar-refractivity contribution < 1.29 is 13.2 Å². The summed E-state index contributed by atoms with van der Waals surface area (Å²) in [6.45, 7) is 3.80. The lowest BCUT2D eigenvalue weighted by molar-refractivity contribution is 0.402. The minimum absolute atomic E-state index is 0.253. The van der Waals surface area contributed by atoms with Gasteiger partial charge in [-0.05, 0) is 37.1 Å². The van der Waals surface area contributed by atoms with E-state index >= 15 is 0 Å². The van der Waals surface area contributed by atoms with Gasteiger partial charge in [-0.1, -0.05) is 0 Å². The summed E-state index contributed by atoms with van der Waals surface area (Å²) in [6, 6.07) is 3.38. The molecule has 0 fully saturated rings. The van der Waals surface area contributed by atoms with Crippen LogP contribution in [-0.4, -0.2) is 21.8 Å². The standard InChI is InChI=1S/C10H14O3S/c1-7-5-9(13-3)10(6-8(7)2)14(4,11)12/h5-6H,1-4H3. The summed E-state index contributed by atoms with van der Waals surface area (Å²) in [5, 5.41) is 0. The van der Waals surface area contributed by atoms with E-state index in [0.29, 0.717) is 5.75 Å². The van der Waals surface area contributed by atoms with Crippen molar-refractivity contribution in [1.29, 1.82) is 0 Å². The molecule has 0 saturated heterocycles. The van der Waals surface area contributed by atoms with E-state index < -0.39 is 9.84 Å². The van der Waals surface area contributed by atoms with Crippen LogP contribution in [0, 0.1) is 13.8 Å². The Bertz CT molecular complexity index is 447. The van der Waals surface area contributed by atoms with Gasteiger partial charge in [0.15, 0.2) is 9.84 Å². The molecular formula is C10H14O3S. The Kier molecular flexibility index (Phi) is 2.85. The summed E-state index contributed by atoms with van der Waals surface area (Å²) in [5.74, 6) is 0.413. The van der Waals surface area contributed by atoms with Crippen LogP contribution in [0.15, 0.2) is 17.0 Å². The molecule has 0 bridgehead atoms. The van der Waals surface area contributed by atoms with Gasteiger partial charge in [0.1, 0.15) is 10.6 Å². The molecule has 1 aromatic rings. The van der Waals surface area contributed by atoms with Crippen LogP contribution in [0.4, 0.5) is 0 Å². The molecule has 0 aliphatic heterocycles. The molecule has 14 heavy (non-hydrogen) atoms. The number of methoxy groups -OCH3 is 1. The van der Waals surface area contributed by atoms with E-state index in [4.69, 9.17) is 4.74 Å². The molecule has 0 atom stereocenters. The highest BCUT2D eigenvalue weighted by Gasteiger charge is 2.15. The second-order valence-corrected chi connectivity index (χ2v) is 5.34. The fraction of sp³-hybridized carbons (Fsp3) is 0.400. The quantitative estimate of drug-likeness (QED) is 0.752. The van der Waals surface area contributed by atoms with Crippen molar-refractivity contribution in [2.24, 2.45) is 0 Å². The SMILES string of the molecule is COc1cc(C)c(C)cc1S(C)(=O)=O. The summed E-state index contributed by atoms with van der Waals surface area (Å²) < 4.78 is 27.8. The highest BCUT2D eigenvalue weighted by atomic mass is 32.2. The van der Waals surface area contributed by atoms with Gasteiger partial charge in [-0.3, -0.25) is 0 Å². The van der Waals surface area contributed by atoms with Crippen molar-refractivity contribution in [2.45, 2.75) is 18.7 Å². The maximum atomic E-state index is 11.4. The highest BCUT2D eigenvalue weighted by Crippen LogP contribution is 2.26. The number of benzene rings is 1. The molecule has 0 N–H and O–H groups in total. The first-order chi connectivity index (χ1) is 6.36. The van der Waals surface area contributed by atoms with Gasteiger partial charge < -0.3 is 4.74 Å². The Morgan fingerprint density at radius 1 is 1.14 bits per heavy atom. The molecule has 0 spiro atoms. The van der Waals surface area contributed by atoms with Gasteiger partial charge in [-0.15, -0.1) is 0 Å². The van der Waals surface area contributed by atoms with Crippen LogP contribution in [0.1, 0.15) is 11.1 Å². The highest BCUT2D eigenvalue weighted by molar-refractivity contribution is 7.90. The van der Waals surface area contributed by atoms with Crippen LogP contribution < -0.4 is 4.74 Å². The number of aryl methyl sites for hydroxylation is 2. The Morgan fingerprint density at radius 3 is 2.07 bits per heavy atom. The summed E-state index contributed by atoms with van der Waals surface area (Å²) in [6.07, 6.45) is 1.18. The van der Waals surface area contributed by atoms with Crippen LogP contribution >= 0.6 is 0 Å². The number of hydrogen-bond acceptors (Lipinski definition) is 3. The predicted molar refractivity (Wildman–Crippen MR) is 55.6 cm³/mol. The predicted octanol–water partition coefficient (Wildman–Crippen LogP) is 1.72. The van der Waals surface area contributed by atoms with E-state index in [1.165, 1.54) is 13.4 Å². The van der Waals surface area contributed by atoms with Crippen LogP contribution in [0.25, 0.3) is 0 Å². The van der Waals surface area contributed by atoms with E-state index in [-0.39, 0.29) is 4.90 Å². The third kappa shape index (κ3) is 2.07. The molecule has 0 aromatic heterocycles. The van der Waals surface area contributed by atoms with Gasteiger partial charge in [0, 0.05) is 6.26 Å². The zero-order valence-electron chi connectivity index (χ0n) is 8.79. The molecule has 78 valence electrons. The normalized spacial score (nSPS) is 11.4. The average Bonchev–Trinajstić information content (AvgIpc) is 2.07. The maximum absolute atomic E-state index is 11.4. The van der Waals surface area contributed by atoms with Crippen molar-refractivity contribution in [2.75, 3.05) is 13.4 Å². The summed E-state index contributed by atoms with van der Waals surface area (Å²) in [4.78, 5) is 0.253. The number of ether oxygens (including phenoxy) is 1. The number of sulfone groups is 1. The van der Waals surface area contributed by atoms with Gasteiger partial charge in [-0.2, -0.15) is 0 Å². The first-order valence-corrected chi connectivity index (χ1v) is 6.10. The topological polar surface area (TPSA) is 43.4 Å². The van der Waals surface area contributed by atoms with Crippen LogP contribution in [0.5, 0.6) is 5.75 Å². The molecule has 0 radical (unpaired) electrons. The monoisotopic (exact) mass is 214 g/mol. The van der Waals surface area contributed by atoms with Gasteiger partial charge in [0.25, 0.3) is 0 Å². The molecule has 1 aromatic carbocycles. The smallest absolute Gasteiger partial charge is 0.179 e. The van der Waals surface area contributed by atoms with Crippen molar-refractivity contribution in [3.63, 3.8) is 0 Å². The lowest BCUT2D eigenvalue weighted by Crippen LogP contribution is -2.02. The second kappa shape index (κ2) is 3.61. The summed E-state index contributed by atoms with van der Waals surface area (Å²) in [7, 11) is -1.74. The van der Waals surface area contributed by atoms with Crippen LogP contribution in [0.2, 0.25) is 0 Å². The van der Waals surface area contributed by atoms with Crippen molar-refractivity contribution in [3.8, 4) is 5.75 Å². The first-order valence-electron chi connectivity index (χ1n) is 4.21. The summed E-state index contributed by atoms with van der Waals surface area (Å²) in [5.41, 5.74) is 1.97.